The van der Waals surface area contributed by atoms with Crippen LogP contribution in [0.3, 0.4) is 0 Å². The first-order chi connectivity index (χ1) is 10.9. The maximum atomic E-state index is 4.74. The minimum atomic E-state index is 0.539. The number of nitrogens with zero attached hydrogens (tertiary/aromatic N) is 2. The average molecular weight is 319 g/mol. The van der Waals surface area contributed by atoms with Crippen molar-refractivity contribution in [1.82, 2.24) is 15.5 Å². The molecule has 0 aliphatic heterocycles. The van der Waals surface area contributed by atoms with E-state index in [2.05, 4.69) is 81.5 Å². The number of guanidine groups is 1. The van der Waals surface area contributed by atoms with Crippen LogP contribution in [-0.2, 0) is 13.1 Å². The molecule has 1 aromatic rings. The SMILES string of the molecule is CCNC(=NCc1ccccc1CN(C)C(C)C)NCC(C)C. The Hall–Kier alpha value is -1.55. The molecule has 0 unspecified atom stereocenters. The highest BCUT2D eigenvalue weighted by Crippen LogP contribution is 2.13. The first-order valence-electron chi connectivity index (χ1n) is 8.73. The molecule has 130 valence electrons. The number of aliphatic imine (C=N–C) groups is 1. The standard InChI is InChI=1S/C19H34N4/c1-7-20-19(21-12-15(2)3)22-13-17-10-8-9-11-18(17)14-23(6)16(4)5/h8-11,15-16H,7,12-14H2,1-6H3,(H2,20,21,22). The third-order valence-corrected chi connectivity index (χ3v) is 3.85. The van der Waals surface area contributed by atoms with Crippen molar-refractivity contribution in [3.05, 3.63) is 35.4 Å². The number of hydrogen-bond donors (Lipinski definition) is 2. The lowest BCUT2D eigenvalue weighted by atomic mass is 10.1. The van der Waals surface area contributed by atoms with Gasteiger partial charge in [-0.15, -0.1) is 0 Å². The van der Waals surface area contributed by atoms with E-state index in [4.69, 9.17) is 4.99 Å². The molecule has 0 aliphatic carbocycles. The van der Waals surface area contributed by atoms with Crippen molar-refractivity contribution in [3.63, 3.8) is 0 Å². The quantitative estimate of drug-likeness (QED) is 0.571. The summed E-state index contributed by atoms with van der Waals surface area (Å²) in [4.78, 5) is 7.10. The minimum Gasteiger partial charge on any atom is -0.357 e. The highest BCUT2D eigenvalue weighted by molar-refractivity contribution is 5.79. The molecule has 0 aromatic heterocycles. The highest BCUT2D eigenvalue weighted by Gasteiger charge is 2.08. The number of rotatable bonds is 8. The fourth-order valence-corrected chi connectivity index (χ4v) is 2.12. The fraction of sp³-hybridized carbons (Fsp3) is 0.632. The summed E-state index contributed by atoms with van der Waals surface area (Å²) < 4.78 is 0. The lowest BCUT2D eigenvalue weighted by molar-refractivity contribution is 0.265. The Morgan fingerprint density at radius 1 is 1.09 bits per heavy atom. The Morgan fingerprint density at radius 3 is 2.30 bits per heavy atom. The van der Waals surface area contributed by atoms with Crippen molar-refractivity contribution in [3.8, 4) is 0 Å². The number of nitrogens with one attached hydrogen (secondary N) is 2. The fourth-order valence-electron chi connectivity index (χ4n) is 2.12. The van der Waals surface area contributed by atoms with Gasteiger partial charge in [0.2, 0.25) is 0 Å². The summed E-state index contributed by atoms with van der Waals surface area (Å²) in [7, 11) is 2.17. The van der Waals surface area contributed by atoms with Gasteiger partial charge in [0.1, 0.15) is 0 Å². The molecular formula is C19H34N4. The molecule has 0 fully saturated rings. The number of benzene rings is 1. The molecule has 0 amide bonds. The Bertz CT molecular complexity index is 480. The molecule has 0 bridgehead atoms. The van der Waals surface area contributed by atoms with Crippen LogP contribution in [-0.4, -0.2) is 37.0 Å². The summed E-state index contributed by atoms with van der Waals surface area (Å²) in [6.45, 7) is 14.4. The zero-order valence-electron chi connectivity index (χ0n) is 15.7. The monoisotopic (exact) mass is 318 g/mol. The van der Waals surface area contributed by atoms with Gasteiger partial charge in [0, 0.05) is 25.7 Å². The van der Waals surface area contributed by atoms with E-state index in [-0.39, 0.29) is 0 Å². The third-order valence-electron chi connectivity index (χ3n) is 3.85. The van der Waals surface area contributed by atoms with E-state index in [1.807, 2.05) is 0 Å². The van der Waals surface area contributed by atoms with Crippen LogP contribution in [0.2, 0.25) is 0 Å². The summed E-state index contributed by atoms with van der Waals surface area (Å²) in [6, 6.07) is 9.13. The molecule has 4 heteroatoms. The lowest BCUT2D eigenvalue weighted by Crippen LogP contribution is -2.39. The molecule has 0 saturated carbocycles. The normalized spacial score (nSPS) is 12.3. The van der Waals surface area contributed by atoms with Gasteiger partial charge in [0.15, 0.2) is 5.96 Å². The molecule has 2 N–H and O–H groups in total. The van der Waals surface area contributed by atoms with Crippen molar-refractivity contribution in [2.75, 3.05) is 20.1 Å². The molecule has 1 rings (SSSR count). The van der Waals surface area contributed by atoms with E-state index in [1.54, 1.807) is 0 Å². The van der Waals surface area contributed by atoms with Crippen LogP contribution in [0.25, 0.3) is 0 Å². The van der Waals surface area contributed by atoms with Crippen LogP contribution in [0.1, 0.15) is 45.7 Å². The maximum absolute atomic E-state index is 4.74. The van der Waals surface area contributed by atoms with Crippen LogP contribution < -0.4 is 10.6 Å². The summed E-state index contributed by atoms with van der Waals surface area (Å²) in [5.41, 5.74) is 2.65. The van der Waals surface area contributed by atoms with E-state index in [0.717, 1.165) is 25.6 Å². The van der Waals surface area contributed by atoms with Gasteiger partial charge in [-0.3, -0.25) is 4.90 Å². The predicted octanol–water partition coefficient (Wildman–Crippen LogP) is 3.24. The van der Waals surface area contributed by atoms with Gasteiger partial charge in [0.25, 0.3) is 0 Å². The average Bonchev–Trinajstić information content (AvgIpc) is 2.51. The van der Waals surface area contributed by atoms with Gasteiger partial charge in [-0.1, -0.05) is 38.1 Å². The van der Waals surface area contributed by atoms with Crippen molar-refractivity contribution in [2.45, 2.75) is 53.8 Å². The van der Waals surface area contributed by atoms with Gasteiger partial charge in [0.05, 0.1) is 6.54 Å². The molecule has 0 saturated heterocycles. The Kier molecular flexibility index (Phi) is 8.70. The molecule has 0 aliphatic rings. The summed E-state index contributed by atoms with van der Waals surface area (Å²) in [5.74, 6) is 1.50. The van der Waals surface area contributed by atoms with Crippen molar-refractivity contribution in [1.29, 1.82) is 0 Å². The third kappa shape index (κ3) is 7.51. The second kappa shape index (κ2) is 10.3. The van der Waals surface area contributed by atoms with E-state index in [0.29, 0.717) is 18.5 Å². The van der Waals surface area contributed by atoms with Crippen LogP contribution in [0.15, 0.2) is 29.3 Å². The van der Waals surface area contributed by atoms with E-state index in [9.17, 15) is 0 Å². The van der Waals surface area contributed by atoms with Crippen LogP contribution in [0.4, 0.5) is 0 Å². The summed E-state index contributed by atoms with van der Waals surface area (Å²) in [6.07, 6.45) is 0. The number of hydrogen-bond acceptors (Lipinski definition) is 2. The largest absolute Gasteiger partial charge is 0.357 e. The molecule has 0 heterocycles. The lowest BCUT2D eigenvalue weighted by Gasteiger charge is -2.22. The summed E-state index contributed by atoms with van der Waals surface area (Å²) in [5, 5.41) is 6.71. The van der Waals surface area contributed by atoms with Crippen molar-refractivity contribution in [2.24, 2.45) is 10.9 Å². The molecule has 0 spiro atoms. The van der Waals surface area contributed by atoms with E-state index in [1.165, 1.54) is 11.1 Å². The smallest absolute Gasteiger partial charge is 0.191 e. The Labute approximate surface area is 142 Å². The predicted molar refractivity (Wildman–Crippen MR) is 101 cm³/mol. The zero-order valence-corrected chi connectivity index (χ0v) is 15.7. The van der Waals surface area contributed by atoms with E-state index >= 15 is 0 Å². The summed E-state index contributed by atoms with van der Waals surface area (Å²) >= 11 is 0. The second-order valence-corrected chi connectivity index (χ2v) is 6.75. The topological polar surface area (TPSA) is 39.7 Å². The molecular weight excluding hydrogens is 284 g/mol. The molecule has 4 nitrogen and oxygen atoms in total. The first-order valence-corrected chi connectivity index (χ1v) is 8.73. The van der Waals surface area contributed by atoms with Crippen molar-refractivity contribution >= 4 is 5.96 Å². The molecule has 1 aromatic carbocycles. The second-order valence-electron chi connectivity index (χ2n) is 6.75. The molecule has 23 heavy (non-hydrogen) atoms. The maximum Gasteiger partial charge on any atom is 0.191 e. The minimum absolute atomic E-state index is 0.539. The van der Waals surface area contributed by atoms with Gasteiger partial charge in [-0.25, -0.2) is 4.99 Å². The molecule has 0 atom stereocenters. The van der Waals surface area contributed by atoms with E-state index < -0.39 is 0 Å². The Balaban J connectivity index is 2.79. The van der Waals surface area contributed by atoms with Crippen molar-refractivity contribution < 1.29 is 0 Å². The van der Waals surface area contributed by atoms with Gasteiger partial charge in [-0.2, -0.15) is 0 Å². The Morgan fingerprint density at radius 2 is 1.74 bits per heavy atom. The molecule has 0 radical (unpaired) electrons. The van der Waals surface area contributed by atoms with Gasteiger partial charge < -0.3 is 10.6 Å². The van der Waals surface area contributed by atoms with Crippen LogP contribution in [0, 0.1) is 5.92 Å². The zero-order chi connectivity index (χ0) is 17.2. The van der Waals surface area contributed by atoms with Crippen LogP contribution in [0.5, 0.6) is 0 Å². The van der Waals surface area contributed by atoms with Gasteiger partial charge >= 0.3 is 0 Å². The first kappa shape index (κ1) is 19.5. The van der Waals surface area contributed by atoms with Gasteiger partial charge in [-0.05, 0) is 44.9 Å². The van der Waals surface area contributed by atoms with Crippen LogP contribution >= 0.6 is 0 Å². The highest BCUT2D eigenvalue weighted by atomic mass is 15.2.